The van der Waals surface area contributed by atoms with Crippen molar-refractivity contribution >= 4 is 11.9 Å². The normalized spacial score (nSPS) is 38.3. The van der Waals surface area contributed by atoms with E-state index in [1.807, 2.05) is 0 Å². The monoisotopic (exact) mass is 211 g/mol. The lowest BCUT2D eigenvalue weighted by atomic mass is 9.76. The predicted octanol–water partition coefficient (Wildman–Crippen LogP) is 1.16. The van der Waals surface area contributed by atoms with E-state index in [1.165, 1.54) is 0 Å². The van der Waals surface area contributed by atoms with Gasteiger partial charge in [0.05, 0.1) is 0 Å². The van der Waals surface area contributed by atoms with Gasteiger partial charge in [-0.2, -0.15) is 0 Å². The molecular weight excluding hydrogens is 194 g/mol. The highest BCUT2D eigenvalue weighted by atomic mass is 16.4. The van der Waals surface area contributed by atoms with Gasteiger partial charge in [0, 0.05) is 11.8 Å². The zero-order valence-corrected chi connectivity index (χ0v) is 9.17. The minimum Gasteiger partial charge on any atom is -0.480 e. The van der Waals surface area contributed by atoms with Gasteiger partial charge in [0.15, 0.2) is 0 Å². The Kier molecular flexibility index (Phi) is 2.07. The van der Waals surface area contributed by atoms with E-state index in [-0.39, 0.29) is 16.7 Å². The van der Waals surface area contributed by atoms with Gasteiger partial charge in [-0.15, -0.1) is 0 Å². The third-order valence-corrected chi connectivity index (χ3v) is 3.81. The van der Waals surface area contributed by atoms with Gasteiger partial charge in [-0.25, -0.2) is 4.79 Å². The zero-order valence-electron chi connectivity index (χ0n) is 9.17. The quantitative estimate of drug-likeness (QED) is 0.684. The smallest absolute Gasteiger partial charge is 0.326 e. The Morgan fingerprint density at radius 2 is 2.13 bits per heavy atom. The maximum Gasteiger partial charge on any atom is 0.326 e. The number of hydrogen-bond donors (Lipinski definition) is 2. The molecule has 2 fully saturated rings. The average Bonchev–Trinajstić information content (AvgIpc) is 2.54. The molecule has 15 heavy (non-hydrogen) atoms. The molecule has 4 nitrogen and oxygen atoms in total. The Bertz CT molecular complexity index is 324. The van der Waals surface area contributed by atoms with Crippen molar-refractivity contribution in [2.24, 2.45) is 10.8 Å². The van der Waals surface area contributed by atoms with E-state index in [0.29, 0.717) is 6.42 Å². The fraction of sp³-hybridized carbons (Fsp3) is 0.818. The molecule has 2 unspecified atom stereocenters. The van der Waals surface area contributed by atoms with Gasteiger partial charge in [0.2, 0.25) is 5.91 Å². The molecule has 1 amide bonds. The average molecular weight is 211 g/mol. The van der Waals surface area contributed by atoms with E-state index in [0.717, 1.165) is 19.3 Å². The van der Waals surface area contributed by atoms with Crippen LogP contribution in [0.5, 0.6) is 0 Å². The molecule has 4 heteroatoms. The number of hydrogen-bond acceptors (Lipinski definition) is 2. The van der Waals surface area contributed by atoms with Crippen LogP contribution in [0.4, 0.5) is 0 Å². The summed E-state index contributed by atoms with van der Waals surface area (Å²) in [4.78, 5) is 22.5. The first-order valence-electron chi connectivity index (χ1n) is 5.37. The topological polar surface area (TPSA) is 66.4 Å². The van der Waals surface area contributed by atoms with Crippen LogP contribution in [-0.2, 0) is 9.59 Å². The molecule has 0 aromatic heterocycles. The van der Waals surface area contributed by atoms with Crippen LogP contribution >= 0.6 is 0 Å². The van der Waals surface area contributed by atoms with Gasteiger partial charge in [-0.3, -0.25) is 4.79 Å². The molecule has 0 aromatic rings. The van der Waals surface area contributed by atoms with Crippen LogP contribution in [0.25, 0.3) is 0 Å². The lowest BCUT2D eigenvalue weighted by Crippen LogP contribution is -2.42. The summed E-state index contributed by atoms with van der Waals surface area (Å²) in [6, 6.07) is -0.674. The molecule has 2 rings (SSSR count). The highest BCUT2D eigenvalue weighted by Crippen LogP contribution is 2.54. The molecule has 1 saturated heterocycles. The van der Waals surface area contributed by atoms with Crippen molar-refractivity contribution in [2.75, 3.05) is 0 Å². The molecule has 84 valence electrons. The first kappa shape index (κ1) is 10.5. The van der Waals surface area contributed by atoms with Gasteiger partial charge in [0.25, 0.3) is 0 Å². The van der Waals surface area contributed by atoms with Crippen LogP contribution in [0.15, 0.2) is 0 Å². The van der Waals surface area contributed by atoms with Crippen LogP contribution in [0, 0.1) is 10.8 Å². The van der Waals surface area contributed by atoms with Crippen molar-refractivity contribution in [3.63, 3.8) is 0 Å². The van der Waals surface area contributed by atoms with Crippen molar-refractivity contribution in [1.82, 2.24) is 5.32 Å². The predicted molar refractivity (Wildman–Crippen MR) is 54.2 cm³/mol. The Morgan fingerprint density at radius 3 is 2.60 bits per heavy atom. The van der Waals surface area contributed by atoms with Crippen LogP contribution in [0.1, 0.15) is 39.5 Å². The number of carbonyl (C=O) groups is 2. The van der Waals surface area contributed by atoms with Gasteiger partial charge in [-0.05, 0) is 24.7 Å². The van der Waals surface area contributed by atoms with Crippen molar-refractivity contribution < 1.29 is 14.7 Å². The lowest BCUT2D eigenvalue weighted by molar-refractivity contribution is -0.142. The summed E-state index contributed by atoms with van der Waals surface area (Å²) < 4.78 is 0. The van der Waals surface area contributed by atoms with Crippen LogP contribution in [0.2, 0.25) is 0 Å². The molecule has 1 aliphatic heterocycles. The number of aliphatic carboxylic acids is 1. The fourth-order valence-corrected chi connectivity index (χ4v) is 3.23. The highest BCUT2D eigenvalue weighted by Gasteiger charge is 2.56. The number of carboxylic acid groups (broad SMARTS) is 1. The Hall–Kier alpha value is -1.06. The van der Waals surface area contributed by atoms with E-state index in [4.69, 9.17) is 5.11 Å². The molecular formula is C11H17NO3. The standard InChI is InChI=1S/C11H17NO3/c1-10(2)3-4-11(6-10)5-7(13)12-8(11)9(14)15/h8H,3-6H2,1-2H3,(H,12,13)(H,14,15). The van der Waals surface area contributed by atoms with E-state index in [9.17, 15) is 9.59 Å². The Balaban J connectivity index is 2.27. The molecule has 2 N–H and O–H groups in total. The van der Waals surface area contributed by atoms with Crippen molar-refractivity contribution in [2.45, 2.75) is 45.6 Å². The number of nitrogens with one attached hydrogen (secondary N) is 1. The first-order valence-corrected chi connectivity index (χ1v) is 5.37. The second-order valence-corrected chi connectivity index (χ2v) is 5.72. The van der Waals surface area contributed by atoms with Crippen LogP contribution < -0.4 is 5.32 Å². The summed E-state index contributed by atoms with van der Waals surface area (Å²) in [7, 11) is 0. The molecule has 0 radical (unpaired) electrons. The van der Waals surface area contributed by atoms with Crippen molar-refractivity contribution in [3.8, 4) is 0 Å². The van der Waals surface area contributed by atoms with E-state index >= 15 is 0 Å². The van der Waals surface area contributed by atoms with E-state index < -0.39 is 12.0 Å². The summed E-state index contributed by atoms with van der Waals surface area (Å²) >= 11 is 0. The van der Waals surface area contributed by atoms with Crippen molar-refractivity contribution in [3.05, 3.63) is 0 Å². The minimum atomic E-state index is -0.890. The van der Waals surface area contributed by atoms with Gasteiger partial charge in [-0.1, -0.05) is 13.8 Å². The molecule has 1 heterocycles. The second kappa shape index (κ2) is 2.97. The fourth-order valence-electron chi connectivity index (χ4n) is 3.23. The molecule has 1 spiro atoms. The molecule has 2 aliphatic rings. The Morgan fingerprint density at radius 1 is 1.47 bits per heavy atom. The molecule has 1 saturated carbocycles. The summed E-state index contributed by atoms with van der Waals surface area (Å²) in [5.74, 6) is -1.00. The van der Waals surface area contributed by atoms with Gasteiger partial charge in [0.1, 0.15) is 6.04 Å². The van der Waals surface area contributed by atoms with Crippen LogP contribution in [-0.4, -0.2) is 23.0 Å². The third-order valence-electron chi connectivity index (χ3n) is 3.81. The number of carboxylic acids is 1. The number of rotatable bonds is 1. The van der Waals surface area contributed by atoms with Crippen molar-refractivity contribution in [1.29, 1.82) is 0 Å². The summed E-state index contributed by atoms with van der Waals surface area (Å²) in [6.07, 6.45) is 3.06. The third kappa shape index (κ3) is 1.62. The molecule has 0 bridgehead atoms. The minimum absolute atomic E-state index is 0.111. The maximum absolute atomic E-state index is 11.4. The molecule has 0 aromatic carbocycles. The zero-order chi connectivity index (χ0) is 11.3. The lowest BCUT2D eigenvalue weighted by Gasteiger charge is -2.28. The maximum atomic E-state index is 11.4. The molecule has 2 atom stereocenters. The van der Waals surface area contributed by atoms with Crippen LogP contribution in [0.3, 0.4) is 0 Å². The Labute approximate surface area is 89.0 Å². The summed E-state index contributed by atoms with van der Waals surface area (Å²) in [5.41, 5.74) is -0.160. The second-order valence-electron chi connectivity index (χ2n) is 5.72. The van der Waals surface area contributed by atoms with E-state index in [1.54, 1.807) is 0 Å². The largest absolute Gasteiger partial charge is 0.480 e. The highest BCUT2D eigenvalue weighted by molar-refractivity contribution is 5.89. The number of carbonyl (C=O) groups excluding carboxylic acids is 1. The number of amides is 1. The van der Waals surface area contributed by atoms with E-state index in [2.05, 4.69) is 19.2 Å². The first-order chi connectivity index (χ1) is 6.85. The SMILES string of the molecule is CC1(C)CCC2(CC(=O)NC2C(=O)O)C1. The summed E-state index contributed by atoms with van der Waals surface area (Å²) in [6.45, 7) is 4.28. The molecule has 1 aliphatic carbocycles. The van der Waals surface area contributed by atoms with Gasteiger partial charge < -0.3 is 10.4 Å². The van der Waals surface area contributed by atoms with Gasteiger partial charge >= 0.3 is 5.97 Å². The summed E-state index contributed by atoms with van der Waals surface area (Å²) in [5, 5.41) is 11.7.